The number of benzene rings is 1. The molecule has 0 aliphatic heterocycles. The van der Waals surface area contributed by atoms with Gasteiger partial charge in [-0.1, -0.05) is 19.1 Å². The van der Waals surface area contributed by atoms with Crippen LogP contribution in [0.4, 0.5) is 4.39 Å². The van der Waals surface area contributed by atoms with Gasteiger partial charge in [0.1, 0.15) is 17.5 Å². The van der Waals surface area contributed by atoms with Crippen LogP contribution in [0, 0.1) is 5.82 Å². The predicted molar refractivity (Wildman–Crippen MR) is 81.3 cm³/mol. The first-order chi connectivity index (χ1) is 10.6. The van der Waals surface area contributed by atoms with Crippen LogP contribution in [-0.2, 0) is 10.8 Å². The molecule has 1 aromatic heterocycles. The zero-order valence-corrected chi connectivity index (χ0v) is 12.8. The van der Waals surface area contributed by atoms with E-state index in [2.05, 4.69) is 21.7 Å². The first-order valence-corrected chi connectivity index (χ1v) is 8.34. The van der Waals surface area contributed by atoms with Crippen LogP contribution < -0.4 is 0 Å². The van der Waals surface area contributed by atoms with Crippen molar-refractivity contribution in [2.45, 2.75) is 62.3 Å². The van der Waals surface area contributed by atoms with Crippen molar-refractivity contribution < 1.29 is 4.39 Å². The minimum Gasteiger partial charge on any atom is -0.311 e. The fraction of sp³-hybridized carbons (Fsp3) is 0.556. The van der Waals surface area contributed by atoms with Gasteiger partial charge < -0.3 is 4.57 Å². The SMILES string of the molecule is CC1(c2nnc(C3(c4ccc(F)cc4)CC3)n2C2CC2)CC1. The molecule has 3 aliphatic carbocycles. The highest BCUT2D eigenvalue weighted by Gasteiger charge is 2.54. The maximum atomic E-state index is 13.3. The number of halogens is 1. The molecule has 0 atom stereocenters. The van der Waals surface area contributed by atoms with Crippen LogP contribution in [0.25, 0.3) is 0 Å². The zero-order valence-electron chi connectivity index (χ0n) is 12.8. The van der Waals surface area contributed by atoms with Gasteiger partial charge in [0, 0.05) is 11.5 Å². The molecule has 3 fully saturated rings. The van der Waals surface area contributed by atoms with E-state index in [1.165, 1.54) is 37.1 Å². The lowest BCUT2D eigenvalue weighted by atomic mass is 9.94. The molecule has 0 amide bonds. The van der Waals surface area contributed by atoms with Crippen molar-refractivity contribution in [2.24, 2.45) is 0 Å². The van der Waals surface area contributed by atoms with Gasteiger partial charge in [0.15, 0.2) is 0 Å². The smallest absolute Gasteiger partial charge is 0.143 e. The lowest BCUT2D eigenvalue weighted by Crippen LogP contribution is -2.19. The minimum atomic E-state index is -0.172. The first-order valence-electron chi connectivity index (χ1n) is 8.34. The van der Waals surface area contributed by atoms with Crippen LogP contribution in [-0.4, -0.2) is 14.8 Å². The molecule has 3 aliphatic rings. The van der Waals surface area contributed by atoms with Crippen LogP contribution in [0.5, 0.6) is 0 Å². The van der Waals surface area contributed by atoms with Gasteiger partial charge in [0.25, 0.3) is 0 Å². The second-order valence-corrected chi connectivity index (χ2v) is 7.60. The molecule has 1 aromatic carbocycles. The molecule has 0 saturated heterocycles. The Labute approximate surface area is 129 Å². The lowest BCUT2D eigenvalue weighted by molar-refractivity contribution is 0.566. The average molecular weight is 297 g/mol. The topological polar surface area (TPSA) is 30.7 Å². The van der Waals surface area contributed by atoms with Crippen LogP contribution in [0.1, 0.15) is 68.7 Å². The Balaban J connectivity index is 1.63. The van der Waals surface area contributed by atoms with Crippen molar-refractivity contribution in [2.75, 3.05) is 0 Å². The second kappa shape index (κ2) is 3.98. The molecule has 0 spiro atoms. The minimum absolute atomic E-state index is 0.0210. The summed E-state index contributed by atoms with van der Waals surface area (Å²) < 4.78 is 15.7. The van der Waals surface area contributed by atoms with Crippen molar-refractivity contribution in [3.05, 3.63) is 47.3 Å². The van der Waals surface area contributed by atoms with Crippen LogP contribution in [0.15, 0.2) is 24.3 Å². The average Bonchev–Trinajstić information content (AvgIpc) is 3.39. The Morgan fingerprint density at radius 3 is 2.18 bits per heavy atom. The summed E-state index contributed by atoms with van der Waals surface area (Å²) in [7, 11) is 0. The summed E-state index contributed by atoms with van der Waals surface area (Å²) in [6.07, 6.45) is 7.13. The van der Waals surface area contributed by atoms with E-state index in [9.17, 15) is 4.39 Å². The second-order valence-electron chi connectivity index (χ2n) is 7.60. The Kier molecular flexibility index (Phi) is 2.31. The van der Waals surface area contributed by atoms with Crippen LogP contribution in [0.3, 0.4) is 0 Å². The summed E-state index contributed by atoms with van der Waals surface area (Å²) in [5, 5.41) is 9.24. The van der Waals surface area contributed by atoms with Gasteiger partial charge >= 0.3 is 0 Å². The molecule has 0 radical (unpaired) electrons. The molecule has 2 aromatic rings. The maximum absolute atomic E-state index is 13.3. The van der Waals surface area contributed by atoms with Crippen LogP contribution >= 0.6 is 0 Å². The molecule has 4 heteroatoms. The van der Waals surface area contributed by atoms with E-state index in [1.807, 2.05) is 12.1 Å². The highest BCUT2D eigenvalue weighted by molar-refractivity contribution is 5.41. The summed E-state index contributed by atoms with van der Waals surface area (Å²) in [6.45, 7) is 2.30. The Morgan fingerprint density at radius 2 is 1.64 bits per heavy atom. The molecule has 114 valence electrons. The lowest BCUT2D eigenvalue weighted by Gasteiger charge is -2.19. The van der Waals surface area contributed by atoms with Crippen molar-refractivity contribution in [1.82, 2.24) is 14.8 Å². The third-order valence-electron chi connectivity index (χ3n) is 5.72. The molecule has 5 rings (SSSR count). The van der Waals surface area contributed by atoms with Gasteiger partial charge in [0.05, 0.1) is 5.41 Å². The summed E-state index contributed by atoms with van der Waals surface area (Å²) in [5.74, 6) is 2.15. The van der Waals surface area contributed by atoms with Crippen LogP contribution in [0.2, 0.25) is 0 Å². The van der Waals surface area contributed by atoms with Gasteiger partial charge in [-0.05, 0) is 56.2 Å². The highest BCUT2D eigenvalue weighted by Crippen LogP contribution is 2.57. The van der Waals surface area contributed by atoms with E-state index in [-0.39, 0.29) is 16.6 Å². The molecule has 0 unspecified atom stereocenters. The Bertz CT molecular complexity index is 734. The van der Waals surface area contributed by atoms with E-state index >= 15 is 0 Å². The molecular weight excluding hydrogens is 277 g/mol. The third-order valence-corrected chi connectivity index (χ3v) is 5.72. The van der Waals surface area contributed by atoms with E-state index in [0.29, 0.717) is 6.04 Å². The quantitative estimate of drug-likeness (QED) is 0.857. The largest absolute Gasteiger partial charge is 0.311 e. The third kappa shape index (κ3) is 1.73. The number of hydrogen-bond acceptors (Lipinski definition) is 2. The maximum Gasteiger partial charge on any atom is 0.143 e. The normalized spacial score (nSPS) is 24.3. The molecular formula is C18H20FN3. The van der Waals surface area contributed by atoms with E-state index < -0.39 is 0 Å². The molecule has 22 heavy (non-hydrogen) atoms. The number of nitrogens with zero attached hydrogens (tertiary/aromatic N) is 3. The van der Waals surface area contributed by atoms with Gasteiger partial charge in [-0.2, -0.15) is 0 Å². The number of hydrogen-bond donors (Lipinski definition) is 0. The standard InChI is InChI=1S/C18H20FN3/c1-17(8-9-17)15-20-21-16(22(15)14-6-7-14)18(10-11-18)12-2-4-13(19)5-3-12/h2-5,14H,6-11H2,1H3. The molecule has 0 N–H and O–H groups in total. The van der Waals surface area contributed by atoms with Crippen molar-refractivity contribution in [1.29, 1.82) is 0 Å². The Morgan fingerprint density at radius 1 is 1.00 bits per heavy atom. The van der Waals surface area contributed by atoms with Gasteiger partial charge in [-0.15, -0.1) is 10.2 Å². The summed E-state index contributed by atoms with van der Waals surface area (Å²) in [4.78, 5) is 0. The monoisotopic (exact) mass is 297 g/mol. The summed E-state index contributed by atoms with van der Waals surface area (Å²) in [5.41, 5.74) is 1.41. The molecule has 3 saturated carbocycles. The number of aromatic nitrogens is 3. The zero-order chi connectivity index (χ0) is 14.9. The van der Waals surface area contributed by atoms with Crippen molar-refractivity contribution >= 4 is 0 Å². The van der Waals surface area contributed by atoms with Gasteiger partial charge in [0.2, 0.25) is 0 Å². The fourth-order valence-corrected chi connectivity index (χ4v) is 3.65. The molecule has 3 nitrogen and oxygen atoms in total. The number of rotatable bonds is 4. The van der Waals surface area contributed by atoms with E-state index in [1.54, 1.807) is 12.1 Å². The fourth-order valence-electron chi connectivity index (χ4n) is 3.65. The summed E-state index contributed by atoms with van der Waals surface area (Å²) >= 11 is 0. The van der Waals surface area contributed by atoms with Gasteiger partial charge in [-0.3, -0.25) is 0 Å². The van der Waals surface area contributed by atoms with E-state index in [0.717, 1.165) is 18.7 Å². The highest BCUT2D eigenvalue weighted by atomic mass is 19.1. The van der Waals surface area contributed by atoms with Crippen molar-refractivity contribution in [3.63, 3.8) is 0 Å². The predicted octanol–water partition coefficient (Wildman–Crippen LogP) is 3.88. The van der Waals surface area contributed by atoms with Crippen molar-refractivity contribution in [3.8, 4) is 0 Å². The molecule has 1 heterocycles. The first kappa shape index (κ1) is 12.8. The molecule has 0 bridgehead atoms. The van der Waals surface area contributed by atoms with Gasteiger partial charge in [-0.25, -0.2) is 4.39 Å². The van der Waals surface area contributed by atoms with E-state index in [4.69, 9.17) is 0 Å². The summed E-state index contributed by atoms with van der Waals surface area (Å²) in [6, 6.07) is 7.57. The Hall–Kier alpha value is -1.71.